The van der Waals surface area contributed by atoms with Crippen molar-refractivity contribution in [1.29, 1.82) is 0 Å². The van der Waals surface area contributed by atoms with Crippen LogP contribution in [0.2, 0.25) is 0 Å². The summed E-state index contributed by atoms with van der Waals surface area (Å²) in [7, 11) is 0. The molecule has 0 unspecified atom stereocenters. The Balaban J connectivity index is 2.22. The van der Waals surface area contributed by atoms with E-state index in [0.29, 0.717) is 5.78 Å². The van der Waals surface area contributed by atoms with Crippen molar-refractivity contribution in [1.82, 2.24) is 4.98 Å². The van der Waals surface area contributed by atoms with Crippen LogP contribution in [-0.4, -0.2) is 10.8 Å². The molecule has 0 bridgehead atoms. The molecule has 0 spiro atoms. The number of ketones is 1. The van der Waals surface area contributed by atoms with Gasteiger partial charge in [-0.1, -0.05) is 12.8 Å². The van der Waals surface area contributed by atoms with Crippen LogP contribution in [0.15, 0.2) is 18.3 Å². The number of hydrogen-bond donors (Lipinski definition) is 0. The fourth-order valence-electron chi connectivity index (χ4n) is 2.15. The van der Waals surface area contributed by atoms with Crippen LogP contribution in [0, 0.1) is 12.8 Å². The number of nitrogens with zero attached hydrogens (tertiary/aromatic N) is 1. The van der Waals surface area contributed by atoms with Gasteiger partial charge >= 0.3 is 0 Å². The molecule has 2 rings (SSSR count). The fraction of sp³-hybridized carbons (Fsp3) is 0.500. The number of Topliss-reactive ketones (excluding diaryl/α,β-unsaturated/α-hetero) is 1. The van der Waals surface area contributed by atoms with Crippen LogP contribution in [0.4, 0.5) is 0 Å². The van der Waals surface area contributed by atoms with E-state index in [4.69, 9.17) is 0 Å². The normalized spacial score (nSPS) is 17.2. The number of hydrogen-bond acceptors (Lipinski definition) is 2. The Morgan fingerprint density at radius 2 is 2.14 bits per heavy atom. The molecule has 74 valence electrons. The van der Waals surface area contributed by atoms with Crippen molar-refractivity contribution in [2.45, 2.75) is 32.6 Å². The lowest BCUT2D eigenvalue weighted by atomic mass is 9.96. The molecule has 14 heavy (non-hydrogen) atoms. The molecule has 0 saturated heterocycles. The maximum Gasteiger partial charge on any atom is 0.167 e. The van der Waals surface area contributed by atoms with Crippen LogP contribution in [0.5, 0.6) is 0 Å². The van der Waals surface area contributed by atoms with Gasteiger partial charge in [0.15, 0.2) is 5.78 Å². The number of rotatable bonds is 2. The van der Waals surface area contributed by atoms with Crippen molar-refractivity contribution >= 4 is 5.78 Å². The summed E-state index contributed by atoms with van der Waals surface area (Å²) >= 11 is 0. The van der Waals surface area contributed by atoms with Crippen LogP contribution in [0.3, 0.4) is 0 Å². The van der Waals surface area contributed by atoms with E-state index in [0.717, 1.165) is 24.1 Å². The van der Waals surface area contributed by atoms with Crippen molar-refractivity contribution < 1.29 is 4.79 Å². The van der Waals surface area contributed by atoms with E-state index < -0.39 is 0 Å². The molecule has 0 aromatic carbocycles. The first-order valence-corrected chi connectivity index (χ1v) is 5.25. The highest BCUT2D eigenvalue weighted by Gasteiger charge is 2.24. The van der Waals surface area contributed by atoms with Gasteiger partial charge in [-0.2, -0.15) is 0 Å². The fourth-order valence-corrected chi connectivity index (χ4v) is 2.15. The van der Waals surface area contributed by atoms with E-state index in [2.05, 4.69) is 4.98 Å². The molecular weight excluding hydrogens is 174 g/mol. The average Bonchev–Trinajstić information content (AvgIpc) is 2.70. The molecule has 1 aromatic heterocycles. The third-order valence-corrected chi connectivity index (χ3v) is 3.00. The summed E-state index contributed by atoms with van der Waals surface area (Å²) < 4.78 is 0. The minimum absolute atomic E-state index is 0.262. The van der Waals surface area contributed by atoms with Crippen LogP contribution >= 0.6 is 0 Å². The second-order valence-electron chi connectivity index (χ2n) is 3.98. The lowest BCUT2D eigenvalue weighted by Gasteiger charge is -2.08. The van der Waals surface area contributed by atoms with Gasteiger partial charge in [0.25, 0.3) is 0 Å². The Labute approximate surface area is 84.4 Å². The number of aryl methyl sites for hydroxylation is 1. The highest BCUT2D eigenvalue weighted by Crippen LogP contribution is 2.28. The molecule has 0 N–H and O–H groups in total. The van der Waals surface area contributed by atoms with Gasteiger partial charge in [0.2, 0.25) is 0 Å². The van der Waals surface area contributed by atoms with E-state index in [-0.39, 0.29) is 5.92 Å². The smallest absolute Gasteiger partial charge is 0.167 e. The SMILES string of the molecule is Cc1ncccc1C(=O)C1CCCC1. The number of carbonyl (C=O) groups excluding carboxylic acids is 1. The molecule has 1 heterocycles. The maximum atomic E-state index is 12.0. The standard InChI is InChI=1S/C12H15NO/c1-9-11(7-4-8-13-9)12(14)10-5-2-3-6-10/h4,7-8,10H,2-3,5-6H2,1H3. The Hall–Kier alpha value is -1.18. The predicted molar refractivity (Wildman–Crippen MR) is 55.3 cm³/mol. The molecule has 2 heteroatoms. The number of aromatic nitrogens is 1. The summed E-state index contributed by atoms with van der Waals surface area (Å²) in [5, 5.41) is 0. The van der Waals surface area contributed by atoms with E-state index in [1.807, 2.05) is 19.1 Å². The van der Waals surface area contributed by atoms with Gasteiger partial charge in [-0.05, 0) is 31.9 Å². The molecule has 0 atom stereocenters. The van der Waals surface area contributed by atoms with E-state index in [1.165, 1.54) is 12.8 Å². The molecule has 1 aromatic rings. The summed E-state index contributed by atoms with van der Waals surface area (Å²) in [6.45, 7) is 1.90. The summed E-state index contributed by atoms with van der Waals surface area (Å²) in [4.78, 5) is 16.2. The predicted octanol–water partition coefficient (Wildman–Crippen LogP) is 2.76. The summed E-state index contributed by atoms with van der Waals surface area (Å²) in [6, 6.07) is 3.73. The Kier molecular flexibility index (Phi) is 2.62. The lowest BCUT2D eigenvalue weighted by Crippen LogP contribution is -2.12. The summed E-state index contributed by atoms with van der Waals surface area (Å²) in [6.07, 6.45) is 6.27. The molecule has 1 saturated carbocycles. The van der Waals surface area contributed by atoms with Crippen LogP contribution in [-0.2, 0) is 0 Å². The van der Waals surface area contributed by atoms with Gasteiger partial charge in [-0.25, -0.2) is 0 Å². The molecule has 1 aliphatic carbocycles. The number of carbonyl (C=O) groups is 1. The van der Waals surface area contributed by atoms with Gasteiger partial charge < -0.3 is 0 Å². The highest BCUT2D eigenvalue weighted by molar-refractivity contribution is 5.98. The molecule has 0 radical (unpaired) electrons. The van der Waals surface area contributed by atoms with E-state index in [1.54, 1.807) is 6.20 Å². The second kappa shape index (κ2) is 3.91. The van der Waals surface area contributed by atoms with Crippen molar-refractivity contribution in [3.63, 3.8) is 0 Å². The molecule has 2 nitrogen and oxygen atoms in total. The van der Waals surface area contributed by atoms with Crippen LogP contribution < -0.4 is 0 Å². The first-order valence-electron chi connectivity index (χ1n) is 5.25. The van der Waals surface area contributed by atoms with Crippen molar-refractivity contribution in [3.05, 3.63) is 29.6 Å². The third kappa shape index (κ3) is 1.69. The average molecular weight is 189 g/mol. The van der Waals surface area contributed by atoms with Gasteiger partial charge in [-0.3, -0.25) is 9.78 Å². The van der Waals surface area contributed by atoms with Crippen molar-refractivity contribution in [2.24, 2.45) is 5.92 Å². The van der Waals surface area contributed by atoms with Crippen molar-refractivity contribution in [2.75, 3.05) is 0 Å². The van der Waals surface area contributed by atoms with E-state index >= 15 is 0 Å². The van der Waals surface area contributed by atoms with Gasteiger partial charge in [0, 0.05) is 23.4 Å². The minimum atomic E-state index is 0.262. The van der Waals surface area contributed by atoms with Gasteiger partial charge in [0.05, 0.1) is 0 Å². The first kappa shape index (κ1) is 9.38. The summed E-state index contributed by atoms with van der Waals surface area (Å²) in [5.74, 6) is 0.561. The second-order valence-corrected chi connectivity index (χ2v) is 3.98. The molecule has 0 aliphatic heterocycles. The lowest BCUT2D eigenvalue weighted by molar-refractivity contribution is 0.0922. The third-order valence-electron chi connectivity index (χ3n) is 3.00. The first-order chi connectivity index (χ1) is 6.79. The molecule has 1 fully saturated rings. The van der Waals surface area contributed by atoms with E-state index in [9.17, 15) is 4.79 Å². The maximum absolute atomic E-state index is 12.0. The number of pyridine rings is 1. The van der Waals surface area contributed by atoms with Gasteiger partial charge in [-0.15, -0.1) is 0 Å². The molecule has 1 aliphatic rings. The highest BCUT2D eigenvalue weighted by atomic mass is 16.1. The largest absolute Gasteiger partial charge is 0.294 e. The van der Waals surface area contributed by atoms with Crippen LogP contribution in [0.25, 0.3) is 0 Å². The van der Waals surface area contributed by atoms with Crippen LogP contribution in [0.1, 0.15) is 41.7 Å². The zero-order valence-corrected chi connectivity index (χ0v) is 8.49. The topological polar surface area (TPSA) is 30.0 Å². The minimum Gasteiger partial charge on any atom is -0.294 e. The Bertz CT molecular complexity index is 340. The molecule has 0 amide bonds. The Morgan fingerprint density at radius 1 is 1.43 bits per heavy atom. The molecular formula is C12H15NO. The zero-order chi connectivity index (χ0) is 9.97. The summed E-state index contributed by atoms with van der Waals surface area (Å²) in [5.41, 5.74) is 1.68. The Morgan fingerprint density at radius 3 is 2.79 bits per heavy atom. The monoisotopic (exact) mass is 189 g/mol. The zero-order valence-electron chi connectivity index (χ0n) is 8.49. The van der Waals surface area contributed by atoms with Crippen molar-refractivity contribution in [3.8, 4) is 0 Å². The quantitative estimate of drug-likeness (QED) is 0.669. The van der Waals surface area contributed by atoms with Gasteiger partial charge in [0.1, 0.15) is 0 Å².